The van der Waals surface area contributed by atoms with E-state index in [2.05, 4.69) is 31.7 Å². The van der Waals surface area contributed by atoms with Crippen molar-refractivity contribution in [3.8, 4) is 11.8 Å². The smallest absolute Gasteiger partial charge is 0.242 e. The van der Waals surface area contributed by atoms with Crippen LogP contribution in [0, 0.1) is 11.8 Å². The van der Waals surface area contributed by atoms with Gasteiger partial charge in [-0.05, 0) is 6.07 Å². The van der Waals surface area contributed by atoms with Gasteiger partial charge in [-0.15, -0.1) is 0 Å². The lowest BCUT2D eigenvalue weighted by Gasteiger charge is -2.05. The highest BCUT2D eigenvalue weighted by Crippen LogP contribution is 2.08. The summed E-state index contributed by atoms with van der Waals surface area (Å²) in [6.07, 6.45) is 4.17. The summed E-state index contributed by atoms with van der Waals surface area (Å²) in [6, 6.07) is 1.38. The first-order valence-corrected chi connectivity index (χ1v) is 7.40. The molecule has 110 valence electrons. The molecule has 8 nitrogen and oxygen atoms in total. The predicted molar refractivity (Wildman–Crippen MR) is 71.4 cm³/mol. The van der Waals surface area contributed by atoms with Crippen molar-refractivity contribution in [2.75, 3.05) is 13.2 Å². The van der Waals surface area contributed by atoms with Gasteiger partial charge < -0.3 is 9.63 Å². The fraction of sp³-hybridized carbons (Fsp3) is 0.250. The maximum Gasteiger partial charge on any atom is 0.242 e. The maximum atomic E-state index is 12.1. The Morgan fingerprint density at radius 1 is 1.38 bits per heavy atom. The molecule has 0 atom stereocenters. The standard InChI is InChI=1S/C12H12N4O4S/c17-5-1-2-10-6-11(8-13-7-10)21(18,19)16-4-3-12-14-9-15-20-12/h6-9,16-17H,3-5H2. The number of hydrogen-bond acceptors (Lipinski definition) is 7. The van der Waals surface area contributed by atoms with Gasteiger partial charge in [0.1, 0.15) is 11.5 Å². The van der Waals surface area contributed by atoms with Gasteiger partial charge in [-0.3, -0.25) is 4.98 Å². The number of rotatable bonds is 5. The molecule has 0 fully saturated rings. The third kappa shape index (κ3) is 4.35. The SMILES string of the molecule is O=S(=O)(NCCc1ncno1)c1cncc(C#CCO)c1. The largest absolute Gasteiger partial charge is 0.384 e. The Labute approximate surface area is 121 Å². The quantitative estimate of drug-likeness (QED) is 0.703. The second-order valence-corrected chi connectivity index (χ2v) is 5.62. The first kappa shape index (κ1) is 15.1. The second kappa shape index (κ2) is 6.94. The fourth-order valence-corrected chi connectivity index (χ4v) is 2.48. The molecule has 2 heterocycles. The molecule has 0 spiro atoms. The highest BCUT2D eigenvalue weighted by atomic mass is 32.2. The predicted octanol–water partition coefficient (Wildman–Crippen LogP) is -0.671. The van der Waals surface area contributed by atoms with Gasteiger partial charge in [0.2, 0.25) is 15.9 Å². The molecule has 2 N–H and O–H groups in total. The highest BCUT2D eigenvalue weighted by molar-refractivity contribution is 7.89. The highest BCUT2D eigenvalue weighted by Gasteiger charge is 2.14. The Morgan fingerprint density at radius 3 is 2.95 bits per heavy atom. The monoisotopic (exact) mass is 308 g/mol. The molecular formula is C12H12N4O4S. The normalized spacial score (nSPS) is 10.9. The molecule has 2 aromatic rings. The van der Waals surface area contributed by atoms with E-state index in [0.717, 1.165) is 0 Å². The summed E-state index contributed by atoms with van der Waals surface area (Å²) in [5.74, 6) is 5.37. The Kier molecular flexibility index (Phi) is 4.99. The third-order valence-corrected chi connectivity index (χ3v) is 3.80. The van der Waals surface area contributed by atoms with Crippen LogP contribution in [0.3, 0.4) is 0 Å². The Bertz CT molecular complexity index is 747. The Hall–Kier alpha value is -2.28. The first-order chi connectivity index (χ1) is 10.1. The molecule has 0 aliphatic rings. The van der Waals surface area contributed by atoms with E-state index in [-0.39, 0.29) is 24.5 Å². The van der Waals surface area contributed by atoms with Crippen LogP contribution in [0.1, 0.15) is 11.5 Å². The van der Waals surface area contributed by atoms with E-state index in [1.807, 2.05) is 0 Å². The summed E-state index contributed by atoms with van der Waals surface area (Å²) in [5.41, 5.74) is 0.406. The molecule has 2 rings (SSSR count). The van der Waals surface area contributed by atoms with Crippen molar-refractivity contribution >= 4 is 10.0 Å². The zero-order valence-corrected chi connectivity index (χ0v) is 11.7. The molecule has 0 aliphatic heterocycles. The Morgan fingerprint density at radius 2 is 2.24 bits per heavy atom. The maximum absolute atomic E-state index is 12.1. The van der Waals surface area contributed by atoms with Crippen LogP contribution in [0.15, 0.2) is 34.2 Å². The zero-order chi connectivity index (χ0) is 15.1. The van der Waals surface area contributed by atoms with Gasteiger partial charge >= 0.3 is 0 Å². The van der Waals surface area contributed by atoms with Crippen molar-refractivity contribution in [1.29, 1.82) is 0 Å². The molecule has 9 heteroatoms. The molecule has 21 heavy (non-hydrogen) atoms. The van der Waals surface area contributed by atoms with Gasteiger partial charge in [-0.1, -0.05) is 17.0 Å². The van der Waals surface area contributed by atoms with Crippen molar-refractivity contribution in [2.45, 2.75) is 11.3 Å². The van der Waals surface area contributed by atoms with Crippen LogP contribution in [0.5, 0.6) is 0 Å². The molecule has 0 saturated carbocycles. The minimum atomic E-state index is -3.69. The minimum Gasteiger partial charge on any atom is -0.384 e. The van der Waals surface area contributed by atoms with E-state index < -0.39 is 10.0 Å². The molecule has 0 unspecified atom stereocenters. The number of aromatic nitrogens is 3. The molecule has 0 amide bonds. The molecule has 0 bridgehead atoms. The molecule has 2 aromatic heterocycles. The Balaban J connectivity index is 2.04. The molecule has 0 radical (unpaired) electrons. The minimum absolute atomic E-state index is 0.00207. The van der Waals surface area contributed by atoms with Gasteiger partial charge in [-0.25, -0.2) is 13.1 Å². The topological polar surface area (TPSA) is 118 Å². The summed E-state index contributed by atoms with van der Waals surface area (Å²) in [6.45, 7) is -0.184. The third-order valence-electron chi connectivity index (χ3n) is 2.37. The lowest BCUT2D eigenvalue weighted by atomic mass is 10.3. The molecule has 0 aliphatic carbocycles. The summed E-state index contributed by atoms with van der Waals surface area (Å²) < 4.78 is 31.3. The number of pyridine rings is 1. The van der Waals surface area contributed by atoms with E-state index >= 15 is 0 Å². The van der Waals surface area contributed by atoms with E-state index in [1.165, 1.54) is 24.8 Å². The van der Waals surface area contributed by atoms with Gasteiger partial charge in [0.25, 0.3) is 0 Å². The number of nitrogens with one attached hydrogen (secondary N) is 1. The number of sulfonamides is 1. The van der Waals surface area contributed by atoms with E-state index in [1.54, 1.807) is 0 Å². The van der Waals surface area contributed by atoms with Crippen LogP contribution in [0.2, 0.25) is 0 Å². The summed E-state index contributed by atoms with van der Waals surface area (Å²) in [7, 11) is -3.69. The fourth-order valence-electron chi connectivity index (χ4n) is 1.46. The van der Waals surface area contributed by atoms with Gasteiger partial charge in [-0.2, -0.15) is 4.98 Å². The molecule has 0 aromatic carbocycles. The van der Waals surface area contributed by atoms with Crippen LogP contribution in [-0.2, 0) is 16.4 Å². The summed E-state index contributed by atoms with van der Waals surface area (Å²) in [4.78, 5) is 7.61. The van der Waals surface area contributed by atoms with Crippen LogP contribution < -0.4 is 4.72 Å². The number of hydrogen-bond donors (Lipinski definition) is 2. The first-order valence-electron chi connectivity index (χ1n) is 5.92. The van der Waals surface area contributed by atoms with Gasteiger partial charge in [0, 0.05) is 30.9 Å². The average molecular weight is 308 g/mol. The van der Waals surface area contributed by atoms with Crippen molar-refractivity contribution in [1.82, 2.24) is 19.8 Å². The van der Waals surface area contributed by atoms with Gasteiger partial charge in [0.15, 0.2) is 6.33 Å². The number of aliphatic hydroxyl groups is 1. The van der Waals surface area contributed by atoms with Crippen LogP contribution >= 0.6 is 0 Å². The summed E-state index contributed by atoms with van der Waals surface area (Å²) in [5, 5.41) is 12.0. The van der Waals surface area contributed by atoms with Crippen molar-refractivity contribution in [3.05, 3.63) is 36.2 Å². The second-order valence-electron chi connectivity index (χ2n) is 3.85. The van der Waals surface area contributed by atoms with E-state index in [0.29, 0.717) is 11.5 Å². The lowest BCUT2D eigenvalue weighted by Crippen LogP contribution is -2.26. The number of nitrogens with zero attached hydrogens (tertiary/aromatic N) is 3. The summed E-state index contributed by atoms with van der Waals surface area (Å²) >= 11 is 0. The van der Waals surface area contributed by atoms with Crippen LogP contribution in [-0.4, -0.2) is 41.8 Å². The lowest BCUT2D eigenvalue weighted by molar-refractivity contribution is 0.350. The van der Waals surface area contributed by atoms with Crippen molar-refractivity contribution in [2.24, 2.45) is 0 Å². The van der Waals surface area contributed by atoms with E-state index in [9.17, 15) is 8.42 Å². The van der Waals surface area contributed by atoms with Crippen molar-refractivity contribution in [3.63, 3.8) is 0 Å². The molecule has 0 saturated heterocycles. The van der Waals surface area contributed by atoms with E-state index in [4.69, 9.17) is 9.63 Å². The van der Waals surface area contributed by atoms with Crippen LogP contribution in [0.4, 0.5) is 0 Å². The number of aliphatic hydroxyl groups excluding tert-OH is 1. The van der Waals surface area contributed by atoms with Crippen molar-refractivity contribution < 1.29 is 18.0 Å². The van der Waals surface area contributed by atoms with Gasteiger partial charge in [0.05, 0.1) is 0 Å². The average Bonchev–Trinajstić information content (AvgIpc) is 2.98. The zero-order valence-electron chi connectivity index (χ0n) is 10.9. The molecular weight excluding hydrogens is 296 g/mol. The van der Waals surface area contributed by atoms with Crippen LogP contribution in [0.25, 0.3) is 0 Å².